The van der Waals surface area contributed by atoms with E-state index in [1.54, 1.807) is 0 Å². The Morgan fingerprint density at radius 2 is 1.89 bits per heavy atom. The summed E-state index contributed by atoms with van der Waals surface area (Å²) in [7, 11) is 1.99. The third-order valence-electron chi connectivity index (χ3n) is 3.04. The molecule has 100 valence electrons. The molecule has 0 fully saturated rings. The van der Waals surface area contributed by atoms with Gasteiger partial charge in [0.05, 0.1) is 0 Å². The highest BCUT2D eigenvalue weighted by Gasteiger charge is 2.13. The number of benzene rings is 2. The van der Waals surface area contributed by atoms with Crippen LogP contribution >= 0.6 is 50.1 Å². The maximum Gasteiger partial charge on any atom is 0.0406 e. The Hall–Kier alpha value is -0.100. The molecule has 0 amide bonds. The third kappa shape index (κ3) is 4.18. The topological polar surface area (TPSA) is 12.0 Å². The zero-order valence-electron chi connectivity index (χ0n) is 10.5. The van der Waals surface area contributed by atoms with Crippen LogP contribution in [0.3, 0.4) is 0 Å². The van der Waals surface area contributed by atoms with Gasteiger partial charge in [-0.15, -0.1) is 0 Å². The van der Waals surface area contributed by atoms with Crippen molar-refractivity contribution < 1.29 is 0 Å². The van der Waals surface area contributed by atoms with Crippen LogP contribution in [0.1, 0.15) is 17.2 Å². The van der Waals surface area contributed by atoms with Gasteiger partial charge in [0.15, 0.2) is 0 Å². The van der Waals surface area contributed by atoms with Crippen molar-refractivity contribution in [1.29, 1.82) is 0 Å². The first-order valence-corrected chi connectivity index (χ1v) is 8.22. The van der Waals surface area contributed by atoms with Gasteiger partial charge in [0.1, 0.15) is 0 Å². The minimum Gasteiger partial charge on any atom is -0.313 e. The largest absolute Gasteiger partial charge is 0.313 e. The molecule has 0 aliphatic carbocycles. The molecule has 2 rings (SSSR count). The van der Waals surface area contributed by atoms with Crippen LogP contribution in [-0.4, -0.2) is 7.05 Å². The summed E-state index contributed by atoms with van der Waals surface area (Å²) >= 11 is 11.9. The summed E-state index contributed by atoms with van der Waals surface area (Å²) in [6.07, 6.45) is 0.937. The van der Waals surface area contributed by atoms with Crippen LogP contribution in [0.15, 0.2) is 46.9 Å². The highest BCUT2D eigenvalue weighted by molar-refractivity contribution is 14.1. The number of hydrogen-bond acceptors (Lipinski definition) is 1. The molecule has 0 aliphatic heterocycles. The summed E-state index contributed by atoms with van der Waals surface area (Å²) in [6, 6.07) is 14.7. The predicted molar refractivity (Wildman–Crippen MR) is 93.8 cm³/mol. The Kier molecular flexibility index (Phi) is 5.69. The summed E-state index contributed by atoms with van der Waals surface area (Å²) in [6.45, 7) is 0. The van der Waals surface area contributed by atoms with Crippen molar-refractivity contribution in [3.8, 4) is 0 Å². The van der Waals surface area contributed by atoms with Gasteiger partial charge in [-0.05, 0) is 77.5 Å². The molecule has 19 heavy (non-hydrogen) atoms. The number of hydrogen-bond donors (Lipinski definition) is 1. The van der Waals surface area contributed by atoms with E-state index in [1.165, 1.54) is 14.7 Å². The second-order valence-electron chi connectivity index (χ2n) is 4.34. The Bertz CT molecular complexity index is 557. The van der Waals surface area contributed by atoms with E-state index in [2.05, 4.69) is 74.2 Å². The molecule has 0 bridgehead atoms. The lowest BCUT2D eigenvalue weighted by atomic mass is 9.99. The van der Waals surface area contributed by atoms with Gasteiger partial charge in [-0.25, -0.2) is 0 Å². The lowest BCUT2D eigenvalue weighted by molar-refractivity contribution is 0.589. The second-order valence-corrected chi connectivity index (χ2v) is 6.87. The second kappa shape index (κ2) is 7.07. The van der Waals surface area contributed by atoms with Crippen molar-refractivity contribution in [3.63, 3.8) is 0 Å². The molecule has 1 unspecified atom stereocenters. The van der Waals surface area contributed by atoms with Crippen LogP contribution in [0, 0.1) is 3.57 Å². The Morgan fingerprint density at radius 3 is 2.53 bits per heavy atom. The van der Waals surface area contributed by atoms with Crippen molar-refractivity contribution in [3.05, 3.63) is 66.7 Å². The smallest absolute Gasteiger partial charge is 0.0406 e. The van der Waals surface area contributed by atoms with Crippen molar-refractivity contribution in [2.75, 3.05) is 7.05 Å². The molecule has 2 aromatic carbocycles. The number of halogens is 3. The van der Waals surface area contributed by atoms with Gasteiger partial charge in [0.2, 0.25) is 0 Å². The van der Waals surface area contributed by atoms with E-state index < -0.39 is 0 Å². The first kappa shape index (κ1) is 15.3. The summed E-state index contributed by atoms with van der Waals surface area (Å²) in [5.41, 5.74) is 2.55. The van der Waals surface area contributed by atoms with Crippen LogP contribution in [0.25, 0.3) is 0 Å². The maximum atomic E-state index is 5.92. The third-order valence-corrected chi connectivity index (χ3v) is 4.68. The Morgan fingerprint density at radius 1 is 1.21 bits per heavy atom. The van der Waals surface area contributed by atoms with Crippen LogP contribution < -0.4 is 5.32 Å². The monoisotopic (exact) mass is 449 g/mol. The zero-order chi connectivity index (χ0) is 13.8. The molecule has 0 heterocycles. The molecular formula is C15H14BrClIN. The molecule has 0 aromatic heterocycles. The fourth-order valence-corrected chi connectivity index (χ4v) is 3.17. The standard InChI is InChI=1S/C15H14BrClIN/c1-19-15(8-10-2-4-11(17)5-3-10)13-9-12(18)6-7-14(13)16/h2-7,9,15,19H,8H2,1H3. The number of nitrogens with one attached hydrogen (secondary N) is 1. The highest BCUT2D eigenvalue weighted by Crippen LogP contribution is 2.28. The van der Waals surface area contributed by atoms with Gasteiger partial charge in [-0.1, -0.05) is 39.7 Å². The number of likely N-dealkylation sites (N-methyl/N-ethyl adjacent to an activating group) is 1. The van der Waals surface area contributed by atoms with Crippen molar-refractivity contribution in [1.82, 2.24) is 5.32 Å². The fraction of sp³-hybridized carbons (Fsp3) is 0.200. The van der Waals surface area contributed by atoms with Gasteiger partial charge < -0.3 is 5.32 Å². The lowest BCUT2D eigenvalue weighted by Crippen LogP contribution is -2.19. The Balaban J connectivity index is 2.24. The number of rotatable bonds is 4. The molecule has 0 saturated heterocycles. The zero-order valence-corrected chi connectivity index (χ0v) is 15.0. The molecule has 0 aliphatic rings. The van der Waals surface area contributed by atoms with E-state index in [4.69, 9.17) is 11.6 Å². The molecule has 0 saturated carbocycles. The molecule has 1 N–H and O–H groups in total. The normalized spacial score (nSPS) is 12.4. The van der Waals surface area contributed by atoms with Crippen molar-refractivity contribution >= 4 is 50.1 Å². The van der Waals surface area contributed by atoms with Crippen LogP contribution in [0.4, 0.5) is 0 Å². The minimum absolute atomic E-state index is 0.283. The maximum absolute atomic E-state index is 5.92. The molecular weight excluding hydrogens is 436 g/mol. The average molecular weight is 451 g/mol. The first-order valence-electron chi connectivity index (χ1n) is 5.97. The Labute approximate surface area is 141 Å². The molecule has 1 atom stereocenters. The van der Waals surface area contributed by atoms with E-state index in [1.807, 2.05) is 19.2 Å². The van der Waals surface area contributed by atoms with Gasteiger partial charge in [-0.2, -0.15) is 0 Å². The quantitative estimate of drug-likeness (QED) is 0.631. The van der Waals surface area contributed by atoms with Gasteiger partial charge >= 0.3 is 0 Å². The van der Waals surface area contributed by atoms with Crippen LogP contribution in [0.5, 0.6) is 0 Å². The van der Waals surface area contributed by atoms with Gasteiger partial charge in [0, 0.05) is 19.1 Å². The fourth-order valence-electron chi connectivity index (χ4n) is 2.01. The molecule has 2 aromatic rings. The summed E-state index contributed by atoms with van der Waals surface area (Å²) in [4.78, 5) is 0. The highest BCUT2D eigenvalue weighted by atomic mass is 127. The predicted octanol–water partition coefficient (Wildman–Crippen LogP) is 5.21. The lowest BCUT2D eigenvalue weighted by Gasteiger charge is -2.19. The average Bonchev–Trinajstić information content (AvgIpc) is 2.41. The SMILES string of the molecule is CNC(Cc1ccc(Cl)cc1)c1cc(I)ccc1Br. The molecule has 4 heteroatoms. The van der Waals surface area contributed by atoms with Crippen LogP contribution in [0.2, 0.25) is 5.02 Å². The van der Waals surface area contributed by atoms with Crippen molar-refractivity contribution in [2.45, 2.75) is 12.5 Å². The van der Waals surface area contributed by atoms with E-state index in [9.17, 15) is 0 Å². The molecule has 0 spiro atoms. The minimum atomic E-state index is 0.283. The van der Waals surface area contributed by atoms with E-state index in [0.29, 0.717) is 0 Å². The van der Waals surface area contributed by atoms with Gasteiger partial charge in [-0.3, -0.25) is 0 Å². The van der Waals surface area contributed by atoms with Gasteiger partial charge in [0.25, 0.3) is 0 Å². The summed E-state index contributed by atoms with van der Waals surface area (Å²) < 4.78 is 2.38. The summed E-state index contributed by atoms with van der Waals surface area (Å²) in [5, 5.41) is 4.16. The van der Waals surface area contributed by atoms with Crippen molar-refractivity contribution in [2.24, 2.45) is 0 Å². The van der Waals surface area contributed by atoms with E-state index >= 15 is 0 Å². The summed E-state index contributed by atoms with van der Waals surface area (Å²) in [5.74, 6) is 0. The van der Waals surface area contributed by atoms with Crippen LogP contribution in [-0.2, 0) is 6.42 Å². The first-order chi connectivity index (χ1) is 9.10. The van der Waals surface area contributed by atoms with E-state index in [-0.39, 0.29) is 6.04 Å². The van der Waals surface area contributed by atoms with E-state index in [0.717, 1.165) is 15.9 Å². The molecule has 0 radical (unpaired) electrons. The molecule has 1 nitrogen and oxygen atoms in total.